The van der Waals surface area contributed by atoms with E-state index >= 15 is 0 Å². The Balaban J connectivity index is 2.69. The summed E-state index contributed by atoms with van der Waals surface area (Å²) in [6, 6.07) is 4.17. The van der Waals surface area contributed by atoms with Crippen molar-refractivity contribution in [1.29, 1.82) is 0 Å². The van der Waals surface area contributed by atoms with Gasteiger partial charge >= 0.3 is 0 Å². The summed E-state index contributed by atoms with van der Waals surface area (Å²) in [4.78, 5) is 1.93. The Labute approximate surface area is 82.6 Å². The Morgan fingerprint density at radius 3 is 2.75 bits per heavy atom. The first-order valence-electron chi connectivity index (χ1n) is 3.85. The van der Waals surface area contributed by atoms with Crippen LogP contribution in [0.4, 0.5) is 0 Å². The van der Waals surface area contributed by atoms with E-state index in [1.165, 1.54) is 4.88 Å². The predicted molar refractivity (Wildman–Crippen MR) is 58.6 cm³/mol. The summed E-state index contributed by atoms with van der Waals surface area (Å²) in [6.07, 6.45) is 0.944. The van der Waals surface area contributed by atoms with Crippen molar-refractivity contribution in [2.75, 3.05) is 0 Å². The molecule has 0 fully saturated rings. The van der Waals surface area contributed by atoms with E-state index in [0.717, 1.165) is 6.42 Å². The number of thiocarbonyl (C=S) groups is 1. The number of nitrogens with two attached hydrogens (primary N) is 1. The quantitative estimate of drug-likeness (QED) is 0.757. The molecule has 1 aromatic heterocycles. The van der Waals surface area contributed by atoms with E-state index in [0.29, 0.717) is 4.99 Å². The van der Waals surface area contributed by atoms with Crippen molar-refractivity contribution in [3.8, 4) is 0 Å². The molecule has 1 nitrogen and oxygen atoms in total. The molecular weight excluding hydrogens is 186 g/mol. The molecule has 0 spiro atoms. The molecule has 0 aromatic carbocycles. The van der Waals surface area contributed by atoms with Crippen LogP contribution >= 0.6 is 23.6 Å². The average molecular weight is 199 g/mol. The monoisotopic (exact) mass is 199 g/mol. The van der Waals surface area contributed by atoms with E-state index in [9.17, 15) is 0 Å². The second-order valence-electron chi connectivity index (χ2n) is 3.50. The van der Waals surface area contributed by atoms with Gasteiger partial charge in [-0.05, 0) is 17.9 Å². The van der Waals surface area contributed by atoms with Crippen LogP contribution in [0.5, 0.6) is 0 Å². The molecule has 1 heterocycles. The van der Waals surface area contributed by atoms with Gasteiger partial charge in [-0.1, -0.05) is 32.1 Å². The highest BCUT2D eigenvalue weighted by Gasteiger charge is 2.21. The van der Waals surface area contributed by atoms with Gasteiger partial charge in [-0.2, -0.15) is 0 Å². The predicted octanol–water partition coefficient (Wildman–Crippen LogP) is 2.60. The van der Waals surface area contributed by atoms with Gasteiger partial charge in [0.1, 0.15) is 0 Å². The summed E-state index contributed by atoms with van der Waals surface area (Å²) in [6.45, 7) is 4.16. The number of hydrogen-bond donors (Lipinski definition) is 1. The maximum atomic E-state index is 5.62. The minimum atomic E-state index is -0.0554. The van der Waals surface area contributed by atoms with Crippen molar-refractivity contribution < 1.29 is 0 Å². The lowest BCUT2D eigenvalue weighted by atomic mass is 9.89. The van der Waals surface area contributed by atoms with Crippen LogP contribution in [-0.2, 0) is 6.42 Å². The first-order chi connectivity index (χ1) is 5.52. The lowest BCUT2D eigenvalue weighted by Crippen LogP contribution is -2.31. The fraction of sp³-hybridized carbons (Fsp3) is 0.444. The van der Waals surface area contributed by atoms with Crippen LogP contribution < -0.4 is 5.73 Å². The lowest BCUT2D eigenvalue weighted by Gasteiger charge is -2.21. The topological polar surface area (TPSA) is 26.0 Å². The molecule has 0 aliphatic carbocycles. The summed E-state index contributed by atoms with van der Waals surface area (Å²) in [7, 11) is 0. The first-order valence-corrected chi connectivity index (χ1v) is 5.13. The molecule has 1 rings (SSSR count). The van der Waals surface area contributed by atoms with Crippen LogP contribution in [0, 0.1) is 5.41 Å². The molecule has 12 heavy (non-hydrogen) atoms. The Hall–Kier alpha value is -0.410. The van der Waals surface area contributed by atoms with Crippen molar-refractivity contribution in [2.45, 2.75) is 20.3 Å². The third kappa shape index (κ3) is 2.29. The first kappa shape index (κ1) is 9.68. The Kier molecular flexibility index (Phi) is 2.85. The number of thiophene rings is 1. The maximum absolute atomic E-state index is 5.62. The molecule has 0 aliphatic heterocycles. The molecule has 3 heteroatoms. The van der Waals surface area contributed by atoms with Crippen molar-refractivity contribution in [2.24, 2.45) is 11.1 Å². The Morgan fingerprint density at radius 2 is 2.33 bits per heavy atom. The van der Waals surface area contributed by atoms with Gasteiger partial charge in [0.2, 0.25) is 0 Å². The second-order valence-corrected chi connectivity index (χ2v) is 4.98. The highest BCUT2D eigenvalue weighted by Crippen LogP contribution is 2.24. The third-order valence-corrected chi connectivity index (χ3v) is 3.29. The molecule has 1 aromatic rings. The van der Waals surface area contributed by atoms with Gasteiger partial charge in [-0.15, -0.1) is 11.3 Å². The van der Waals surface area contributed by atoms with Crippen molar-refractivity contribution in [3.63, 3.8) is 0 Å². The fourth-order valence-electron chi connectivity index (χ4n) is 0.936. The van der Waals surface area contributed by atoms with Crippen molar-refractivity contribution in [3.05, 3.63) is 22.4 Å². The third-order valence-electron chi connectivity index (χ3n) is 1.86. The summed E-state index contributed by atoms with van der Waals surface area (Å²) < 4.78 is 0. The largest absolute Gasteiger partial charge is 0.393 e. The minimum Gasteiger partial charge on any atom is -0.393 e. The molecule has 0 radical (unpaired) electrons. The number of hydrogen-bond acceptors (Lipinski definition) is 2. The normalized spacial score (nSPS) is 11.5. The minimum absolute atomic E-state index is 0.0554. The summed E-state index contributed by atoms with van der Waals surface area (Å²) >= 11 is 6.74. The van der Waals surface area contributed by atoms with E-state index in [2.05, 4.69) is 31.4 Å². The van der Waals surface area contributed by atoms with E-state index < -0.39 is 0 Å². The summed E-state index contributed by atoms with van der Waals surface area (Å²) in [5.74, 6) is 0. The smallest absolute Gasteiger partial charge is 0.0788 e. The van der Waals surface area contributed by atoms with Gasteiger partial charge in [0.15, 0.2) is 0 Å². The molecule has 0 bridgehead atoms. The highest BCUT2D eigenvalue weighted by atomic mass is 32.1. The van der Waals surface area contributed by atoms with E-state index in [-0.39, 0.29) is 5.41 Å². The second kappa shape index (κ2) is 3.54. The standard InChI is InChI=1S/C9H13NS2/c1-9(2,8(10)11)6-7-4-3-5-12-7/h3-5H,6H2,1-2H3,(H2,10,11). The maximum Gasteiger partial charge on any atom is 0.0788 e. The van der Waals surface area contributed by atoms with Gasteiger partial charge in [-0.3, -0.25) is 0 Å². The average Bonchev–Trinajstić information content (AvgIpc) is 2.38. The highest BCUT2D eigenvalue weighted by molar-refractivity contribution is 7.80. The van der Waals surface area contributed by atoms with Crippen LogP contribution in [0.2, 0.25) is 0 Å². The van der Waals surface area contributed by atoms with Gasteiger partial charge in [-0.25, -0.2) is 0 Å². The Bertz CT molecular complexity index is 262. The van der Waals surface area contributed by atoms with Gasteiger partial charge in [0.05, 0.1) is 4.99 Å². The molecule has 0 unspecified atom stereocenters. The zero-order chi connectivity index (χ0) is 9.19. The van der Waals surface area contributed by atoms with Crippen LogP contribution in [-0.4, -0.2) is 4.99 Å². The van der Waals surface area contributed by atoms with E-state index in [1.807, 2.05) is 0 Å². The van der Waals surface area contributed by atoms with Crippen molar-refractivity contribution >= 4 is 28.5 Å². The van der Waals surface area contributed by atoms with Gasteiger partial charge in [0.25, 0.3) is 0 Å². The van der Waals surface area contributed by atoms with E-state index in [4.69, 9.17) is 18.0 Å². The molecule has 0 atom stereocenters. The summed E-state index contributed by atoms with van der Waals surface area (Å²) in [5.41, 5.74) is 5.57. The SMILES string of the molecule is CC(C)(Cc1cccs1)C(N)=S. The molecule has 0 amide bonds. The van der Waals surface area contributed by atoms with Crippen LogP contribution in [0.3, 0.4) is 0 Å². The van der Waals surface area contributed by atoms with Crippen molar-refractivity contribution in [1.82, 2.24) is 0 Å². The zero-order valence-corrected chi connectivity index (χ0v) is 8.97. The van der Waals surface area contributed by atoms with Crippen LogP contribution in [0.25, 0.3) is 0 Å². The molecule has 2 N–H and O–H groups in total. The summed E-state index contributed by atoms with van der Waals surface area (Å²) in [5, 5.41) is 2.07. The van der Waals surface area contributed by atoms with Crippen LogP contribution in [0.1, 0.15) is 18.7 Å². The van der Waals surface area contributed by atoms with Crippen LogP contribution in [0.15, 0.2) is 17.5 Å². The Morgan fingerprint density at radius 1 is 1.67 bits per heavy atom. The molecule has 0 aliphatic rings. The van der Waals surface area contributed by atoms with Gasteiger partial charge < -0.3 is 5.73 Å². The number of rotatable bonds is 3. The lowest BCUT2D eigenvalue weighted by molar-refractivity contribution is 0.528. The molecular formula is C9H13NS2. The van der Waals surface area contributed by atoms with Gasteiger partial charge in [0, 0.05) is 10.3 Å². The van der Waals surface area contributed by atoms with E-state index in [1.54, 1.807) is 11.3 Å². The zero-order valence-electron chi connectivity index (χ0n) is 7.33. The molecule has 0 saturated carbocycles. The molecule has 0 saturated heterocycles. The fourth-order valence-corrected chi connectivity index (χ4v) is 1.94. The molecule has 66 valence electrons.